The number of imide groups is 1. The van der Waals surface area contributed by atoms with E-state index in [1.54, 1.807) is 12.1 Å². The van der Waals surface area contributed by atoms with Gasteiger partial charge in [0.15, 0.2) is 0 Å². The van der Waals surface area contributed by atoms with Crippen molar-refractivity contribution in [2.45, 2.75) is 31.5 Å². The van der Waals surface area contributed by atoms with Gasteiger partial charge in [0, 0.05) is 37.3 Å². The Morgan fingerprint density at radius 2 is 1.27 bits per heavy atom. The summed E-state index contributed by atoms with van der Waals surface area (Å²) in [5.74, 6) is -8.34. The lowest BCUT2D eigenvalue weighted by Crippen LogP contribution is -2.54. The molecule has 1 aromatic rings. The summed E-state index contributed by atoms with van der Waals surface area (Å²) in [6.07, 6.45) is 2.25. The Kier molecular flexibility index (Phi) is 11.6. The molecule has 0 radical (unpaired) electrons. The number of carbonyl (C=O) groups excluding carboxylic acids is 2. The third-order valence-corrected chi connectivity index (χ3v) is 5.97. The number of hydrogen-bond donors (Lipinski definition) is 6. The van der Waals surface area contributed by atoms with Gasteiger partial charge in [-0.3, -0.25) is 39.1 Å². The minimum absolute atomic E-state index is 0.0196. The smallest absolute Gasteiger partial charge is 0.332 e. The van der Waals surface area contributed by atoms with Crippen LogP contribution in [0.5, 0.6) is 0 Å². The van der Waals surface area contributed by atoms with E-state index in [4.69, 9.17) is 10.2 Å². The Morgan fingerprint density at radius 3 is 1.71 bits per heavy atom. The topological polar surface area (TPSA) is 242 Å². The molecule has 41 heavy (non-hydrogen) atoms. The van der Waals surface area contributed by atoms with Gasteiger partial charge in [0.2, 0.25) is 6.04 Å². The fourth-order valence-electron chi connectivity index (χ4n) is 4.34. The van der Waals surface area contributed by atoms with Crippen molar-refractivity contribution in [2.24, 2.45) is 0 Å². The number of benzene rings is 1. The van der Waals surface area contributed by atoms with E-state index in [0.717, 1.165) is 22.0 Å². The first-order chi connectivity index (χ1) is 19.2. The number of carbonyl (C=O) groups is 7. The Bertz CT molecular complexity index is 1170. The minimum Gasteiger partial charge on any atom is -0.480 e. The van der Waals surface area contributed by atoms with E-state index in [1.165, 1.54) is 24.0 Å². The molecule has 2 atom stereocenters. The van der Waals surface area contributed by atoms with Crippen LogP contribution in [-0.2, 0) is 40.0 Å². The van der Waals surface area contributed by atoms with Crippen LogP contribution in [0.3, 0.4) is 0 Å². The molecule has 0 spiro atoms. The van der Waals surface area contributed by atoms with Gasteiger partial charge in [-0.15, -0.1) is 0 Å². The first-order valence-electron chi connectivity index (χ1n) is 12.2. The van der Waals surface area contributed by atoms with E-state index in [1.807, 2.05) is 0 Å². The lowest BCUT2D eigenvalue weighted by atomic mass is 10.0. The van der Waals surface area contributed by atoms with Gasteiger partial charge in [-0.1, -0.05) is 12.1 Å². The second-order valence-corrected chi connectivity index (χ2v) is 9.33. The highest BCUT2D eigenvalue weighted by molar-refractivity contribution is 6.28. The van der Waals surface area contributed by atoms with E-state index in [2.05, 4.69) is 5.32 Å². The summed E-state index contributed by atoms with van der Waals surface area (Å²) in [5.41, 5.74) is 0.821. The largest absolute Gasteiger partial charge is 0.480 e. The highest BCUT2D eigenvalue weighted by atomic mass is 16.4. The predicted molar refractivity (Wildman–Crippen MR) is 138 cm³/mol. The third-order valence-electron chi connectivity index (χ3n) is 5.97. The molecule has 0 aliphatic carbocycles. The van der Waals surface area contributed by atoms with Crippen LogP contribution in [0, 0.1) is 0 Å². The molecule has 222 valence electrons. The van der Waals surface area contributed by atoms with Crippen LogP contribution in [0.4, 0.5) is 5.69 Å². The minimum atomic E-state index is -1.97. The molecule has 1 aliphatic rings. The number of aliphatic carboxylic acids is 5. The molecule has 2 amide bonds. The number of anilines is 1. The van der Waals surface area contributed by atoms with Gasteiger partial charge in [0.05, 0.1) is 25.3 Å². The molecule has 2 rings (SSSR count). The SMILES string of the molecule is CC(CN(CC(=O)O)CC(Cc1ccc(N2C(=O)C=CC2=O)cc1)N(CC(=O)O)CC(=O)O)NC(C(=O)O)C(=O)O. The number of amides is 2. The molecule has 0 aromatic heterocycles. The monoisotopic (exact) mass is 578 g/mol. The summed E-state index contributed by atoms with van der Waals surface area (Å²) in [6, 6.07) is 2.34. The molecule has 16 nitrogen and oxygen atoms in total. The molecule has 1 aliphatic heterocycles. The van der Waals surface area contributed by atoms with Gasteiger partial charge in [0.1, 0.15) is 0 Å². The summed E-state index contributed by atoms with van der Waals surface area (Å²) >= 11 is 0. The van der Waals surface area contributed by atoms with Gasteiger partial charge in [-0.2, -0.15) is 0 Å². The summed E-state index contributed by atoms with van der Waals surface area (Å²) in [4.78, 5) is 84.5. The zero-order valence-corrected chi connectivity index (χ0v) is 21.9. The van der Waals surface area contributed by atoms with Gasteiger partial charge in [-0.05, 0) is 31.0 Å². The van der Waals surface area contributed by atoms with Crippen molar-refractivity contribution in [3.05, 3.63) is 42.0 Å². The summed E-state index contributed by atoms with van der Waals surface area (Å²) in [7, 11) is 0. The molecule has 2 unspecified atom stereocenters. The Labute approximate surface area is 233 Å². The molecule has 16 heteroatoms. The Hall–Kier alpha value is -4.67. The van der Waals surface area contributed by atoms with Crippen LogP contribution in [0.2, 0.25) is 0 Å². The van der Waals surface area contributed by atoms with E-state index >= 15 is 0 Å². The molecule has 0 fully saturated rings. The number of nitrogens with zero attached hydrogens (tertiary/aromatic N) is 3. The Morgan fingerprint density at radius 1 is 0.780 bits per heavy atom. The van der Waals surface area contributed by atoms with Crippen molar-refractivity contribution in [3.63, 3.8) is 0 Å². The lowest BCUT2D eigenvalue weighted by molar-refractivity contribution is -0.152. The van der Waals surface area contributed by atoms with Crippen LogP contribution < -0.4 is 10.2 Å². The van der Waals surface area contributed by atoms with Crippen LogP contribution in [0.25, 0.3) is 0 Å². The fourth-order valence-corrected chi connectivity index (χ4v) is 4.34. The Balaban J connectivity index is 2.34. The zero-order valence-electron chi connectivity index (χ0n) is 21.9. The molecule has 0 saturated carbocycles. The highest BCUT2D eigenvalue weighted by Crippen LogP contribution is 2.21. The maximum absolute atomic E-state index is 12.0. The van der Waals surface area contributed by atoms with Gasteiger partial charge in [-0.25, -0.2) is 14.5 Å². The van der Waals surface area contributed by atoms with Crippen molar-refractivity contribution in [3.8, 4) is 0 Å². The summed E-state index contributed by atoms with van der Waals surface area (Å²) in [5, 5.41) is 48.9. The van der Waals surface area contributed by atoms with E-state index in [-0.39, 0.29) is 25.2 Å². The van der Waals surface area contributed by atoms with Crippen LogP contribution >= 0.6 is 0 Å². The van der Waals surface area contributed by atoms with E-state index in [9.17, 15) is 48.9 Å². The van der Waals surface area contributed by atoms with E-state index < -0.39 is 79.4 Å². The average Bonchev–Trinajstić information content (AvgIpc) is 3.18. The molecule has 1 heterocycles. The lowest BCUT2D eigenvalue weighted by Gasteiger charge is -2.35. The van der Waals surface area contributed by atoms with E-state index in [0.29, 0.717) is 5.56 Å². The van der Waals surface area contributed by atoms with Crippen LogP contribution in [0.15, 0.2) is 36.4 Å². The molecular formula is C25H30N4O12. The average molecular weight is 579 g/mol. The van der Waals surface area contributed by atoms with Gasteiger partial charge < -0.3 is 25.5 Å². The quantitative estimate of drug-likeness (QED) is 0.0849. The molecule has 1 aromatic carbocycles. The van der Waals surface area contributed by atoms with Crippen molar-refractivity contribution in [1.82, 2.24) is 15.1 Å². The number of hydrogen-bond acceptors (Lipinski definition) is 10. The van der Waals surface area contributed by atoms with Gasteiger partial charge in [0.25, 0.3) is 11.8 Å². The van der Waals surface area contributed by atoms with Gasteiger partial charge >= 0.3 is 29.8 Å². The summed E-state index contributed by atoms with van der Waals surface area (Å²) < 4.78 is 0. The number of nitrogens with one attached hydrogen (secondary N) is 1. The number of carboxylic acids is 5. The predicted octanol–water partition coefficient (Wildman–Crippen LogP) is -1.60. The van der Waals surface area contributed by atoms with Crippen LogP contribution in [-0.4, -0.2) is 128 Å². The maximum Gasteiger partial charge on any atom is 0.332 e. The van der Waals surface area contributed by atoms with Crippen molar-refractivity contribution < 1.29 is 59.1 Å². The van der Waals surface area contributed by atoms with Crippen LogP contribution in [0.1, 0.15) is 12.5 Å². The van der Waals surface area contributed by atoms with Crippen molar-refractivity contribution in [2.75, 3.05) is 37.6 Å². The first-order valence-corrected chi connectivity index (χ1v) is 12.2. The van der Waals surface area contributed by atoms with Crippen molar-refractivity contribution >= 4 is 47.3 Å². The second kappa shape index (κ2) is 14.6. The molecule has 6 N–H and O–H groups in total. The summed E-state index contributed by atoms with van der Waals surface area (Å²) in [6.45, 7) is -0.952. The standard InChI is InChI=1S/C25H30N4O12/c1-14(26-23(24(38)39)25(40)41)9-27(11-20(32)33)10-17(28(12-21(34)35)13-22(36)37)8-15-2-4-16(5-3-15)29-18(30)6-7-19(29)31/h2-7,14,17,23,26H,8-13H2,1H3,(H,32,33)(H,34,35)(H,36,37)(H,38,39)(H,40,41). The highest BCUT2D eigenvalue weighted by Gasteiger charge is 2.31. The fraction of sp³-hybridized carbons (Fsp3) is 0.400. The van der Waals surface area contributed by atoms with Crippen molar-refractivity contribution in [1.29, 1.82) is 0 Å². The number of carboxylic acid groups (broad SMARTS) is 5. The first kappa shape index (κ1) is 32.5. The number of rotatable bonds is 18. The molecule has 0 bridgehead atoms. The second-order valence-electron chi connectivity index (χ2n) is 9.33. The third kappa shape index (κ3) is 10.1. The zero-order chi connectivity index (χ0) is 30.9. The molecule has 0 saturated heterocycles. The maximum atomic E-state index is 12.0. The molecular weight excluding hydrogens is 548 g/mol. The normalized spacial score (nSPS) is 14.6.